The lowest BCUT2D eigenvalue weighted by Crippen LogP contribution is -2.30. The number of benzene rings is 2. The van der Waals surface area contributed by atoms with E-state index in [1.165, 1.54) is 12.8 Å². The van der Waals surface area contributed by atoms with Gasteiger partial charge in [0, 0.05) is 19.2 Å². The molecule has 0 N–H and O–H groups in total. The Bertz CT molecular complexity index is 713. The first-order chi connectivity index (χ1) is 11.3. The Kier molecular flexibility index (Phi) is 4.96. The average molecular weight is 309 g/mol. The Labute approximate surface area is 137 Å². The molecule has 1 amide bonds. The summed E-state index contributed by atoms with van der Waals surface area (Å²) in [6.07, 6.45) is 8.34. The zero-order valence-corrected chi connectivity index (χ0v) is 13.6. The second-order valence-corrected chi connectivity index (χ2v) is 6.05. The molecule has 3 nitrogen and oxygen atoms in total. The number of likely N-dealkylation sites (tertiary alicyclic amines) is 1. The molecule has 3 rings (SSSR count). The minimum absolute atomic E-state index is 0.127. The summed E-state index contributed by atoms with van der Waals surface area (Å²) in [6, 6.07) is 12.2. The van der Waals surface area contributed by atoms with Crippen molar-refractivity contribution in [2.75, 3.05) is 20.2 Å². The van der Waals surface area contributed by atoms with E-state index in [4.69, 9.17) is 4.74 Å². The predicted molar refractivity (Wildman–Crippen MR) is 94.6 cm³/mol. The van der Waals surface area contributed by atoms with Gasteiger partial charge in [0.15, 0.2) is 0 Å². The number of nitrogens with zero attached hydrogens (tertiary/aromatic N) is 1. The van der Waals surface area contributed by atoms with Gasteiger partial charge in [-0.3, -0.25) is 4.79 Å². The van der Waals surface area contributed by atoms with Crippen LogP contribution in [0.5, 0.6) is 5.75 Å². The highest BCUT2D eigenvalue weighted by Gasteiger charge is 2.12. The molecule has 2 aromatic rings. The predicted octanol–water partition coefficient (Wildman–Crippen LogP) is 4.26. The van der Waals surface area contributed by atoms with Crippen molar-refractivity contribution >= 4 is 22.8 Å². The first-order valence-electron chi connectivity index (χ1n) is 8.31. The van der Waals surface area contributed by atoms with Crippen LogP contribution in [-0.2, 0) is 4.79 Å². The fourth-order valence-corrected chi connectivity index (χ4v) is 3.04. The molecular formula is C20H23NO2. The summed E-state index contributed by atoms with van der Waals surface area (Å²) in [4.78, 5) is 14.3. The van der Waals surface area contributed by atoms with Gasteiger partial charge in [-0.2, -0.15) is 0 Å². The normalized spacial score (nSPS) is 15.8. The smallest absolute Gasteiger partial charge is 0.246 e. The van der Waals surface area contributed by atoms with Gasteiger partial charge in [-0.1, -0.05) is 31.0 Å². The zero-order chi connectivity index (χ0) is 16.1. The number of hydrogen-bond acceptors (Lipinski definition) is 2. The van der Waals surface area contributed by atoms with Gasteiger partial charge in [-0.05, 0) is 53.5 Å². The summed E-state index contributed by atoms with van der Waals surface area (Å²) in [6.45, 7) is 1.78. The van der Waals surface area contributed by atoms with Gasteiger partial charge in [0.05, 0.1) is 7.11 Å². The van der Waals surface area contributed by atoms with E-state index in [0.29, 0.717) is 0 Å². The van der Waals surface area contributed by atoms with Crippen molar-refractivity contribution in [3.8, 4) is 5.75 Å². The van der Waals surface area contributed by atoms with Crippen molar-refractivity contribution in [3.05, 3.63) is 48.0 Å². The highest BCUT2D eigenvalue weighted by atomic mass is 16.5. The van der Waals surface area contributed by atoms with Crippen molar-refractivity contribution < 1.29 is 9.53 Å². The molecule has 1 saturated heterocycles. The van der Waals surface area contributed by atoms with E-state index < -0.39 is 0 Å². The van der Waals surface area contributed by atoms with Gasteiger partial charge in [-0.25, -0.2) is 0 Å². The van der Waals surface area contributed by atoms with Crippen LogP contribution in [0.1, 0.15) is 31.2 Å². The quantitative estimate of drug-likeness (QED) is 0.793. The fraction of sp³-hybridized carbons (Fsp3) is 0.350. The Morgan fingerprint density at radius 2 is 1.70 bits per heavy atom. The molecule has 0 unspecified atom stereocenters. The first-order valence-corrected chi connectivity index (χ1v) is 8.31. The molecule has 0 atom stereocenters. The molecule has 0 radical (unpaired) electrons. The van der Waals surface area contributed by atoms with E-state index in [-0.39, 0.29) is 5.91 Å². The van der Waals surface area contributed by atoms with Crippen molar-refractivity contribution in [1.82, 2.24) is 4.90 Å². The van der Waals surface area contributed by atoms with Gasteiger partial charge in [0.1, 0.15) is 5.75 Å². The summed E-state index contributed by atoms with van der Waals surface area (Å²) in [5.41, 5.74) is 1.05. The van der Waals surface area contributed by atoms with Crippen LogP contribution in [0.4, 0.5) is 0 Å². The van der Waals surface area contributed by atoms with E-state index in [0.717, 1.165) is 48.0 Å². The SMILES string of the molecule is COc1ccc2cc(/C=C/C(=O)N3CCCCCC3)ccc2c1. The van der Waals surface area contributed by atoms with Crippen LogP contribution < -0.4 is 4.74 Å². The molecule has 1 aliphatic rings. The van der Waals surface area contributed by atoms with Crippen LogP contribution in [0.3, 0.4) is 0 Å². The number of rotatable bonds is 3. The third kappa shape index (κ3) is 3.92. The molecule has 1 heterocycles. The van der Waals surface area contributed by atoms with Gasteiger partial charge >= 0.3 is 0 Å². The zero-order valence-electron chi connectivity index (χ0n) is 13.6. The minimum Gasteiger partial charge on any atom is -0.497 e. The molecule has 0 bridgehead atoms. The molecule has 1 aliphatic heterocycles. The topological polar surface area (TPSA) is 29.5 Å². The lowest BCUT2D eigenvalue weighted by Gasteiger charge is -2.17. The van der Waals surface area contributed by atoms with Gasteiger partial charge in [0.25, 0.3) is 0 Å². The number of fused-ring (bicyclic) bond motifs is 1. The van der Waals surface area contributed by atoms with Crippen molar-refractivity contribution in [3.63, 3.8) is 0 Å². The lowest BCUT2D eigenvalue weighted by atomic mass is 10.1. The second-order valence-electron chi connectivity index (χ2n) is 6.05. The Balaban J connectivity index is 1.73. The number of carbonyl (C=O) groups is 1. The largest absolute Gasteiger partial charge is 0.497 e. The van der Waals surface area contributed by atoms with Crippen molar-refractivity contribution in [2.24, 2.45) is 0 Å². The summed E-state index contributed by atoms with van der Waals surface area (Å²) in [5, 5.41) is 2.29. The van der Waals surface area contributed by atoms with E-state index in [1.807, 2.05) is 35.2 Å². The van der Waals surface area contributed by atoms with E-state index in [1.54, 1.807) is 13.2 Å². The number of methoxy groups -OCH3 is 1. The number of carbonyl (C=O) groups excluding carboxylic acids is 1. The molecule has 0 aromatic heterocycles. The van der Waals surface area contributed by atoms with Crippen molar-refractivity contribution in [1.29, 1.82) is 0 Å². The van der Waals surface area contributed by atoms with Gasteiger partial charge in [0.2, 0.25) is 5.91 Å². The van der Waals surface area contributed by atoms with E-state index >= 15 is 0 Å². The highest BCUT2D eigenvalue weighted by molar-refractivity contribution is 5.93. The highest BCUT2D eigenvalue weighted by Crippen LogP contribution is 2.22. The van der Waals surface area contributed by atoms with Gasteiger partial charge in [-0.15, -0.1) is 0 Å². The molecule has 0 saturated carbocycles. The second kappa shape index (κ2) is 7.32. The molecule has 120 valence electrons. The minimum atomic E-state index is 0.127. The average Bonchev–Trinajstić information content (AvgIpc) is 2.88. The van der Waals surface area contributed by atoms with Crippen LogP contribution in [0.15, 0.2) is 42.5 Å². The van der Waals surface area contributed by atoms with Crippen LogP contribution in [0, 0.1) is 0 Å². The van der Waals surface area contributed by atoms with E-state index in [2.05, 4.69) is 12.1 Å². The van der Waals surface area contributed by atoms with E-state index in [9.17, 15) is 4.79 Å². The van der Waals surface area contributed by atoms with Crippen molar-refractivity contribution in [2.45, 2.75) is 25.7 Å². The van der Waals surface area contributed by atoms with Crippen LogP contribution in [0.25, 0.3) is 16.8 Å². The molecule has 23 heavy (non-hydrogen) atoms. The summed E-state index contributed by atoms with van der Waals surface area (Å²) < 4.78 is 5.24. The molecular weight excluding hydrogens is 286 g/mol. The maximum atomic E-state index is 12.3. The van der Waals surface area contributed by atoms with Crippen LogP contribution >= 0.6 is 0 Å². The maximum absolute atomic E-state index is 12.3. The Morgan fingerprint density at radius 1 is 1.00 bits per heavy atom. The van der Waals surface area contributed by atoms with Gasteiger partial charge < -0.3 is 9.64 Å². The maximum Gasteiger partial charge on any atom is 0.246 e. The fourth-order valence-electron chi connectivity index (χ4n) is 3.04. The van der Waals surface area contributed by atoms with Crippen LogP contribution in [0.2, 0.25) is 0 Å². The summed E-state index contributed by atoms with van der Waals surface area (Å²) in [5.74, 6) is 0.985. The summed E-state index contributed by atoms with van der Waals surface area (Å²) in [7, 11) is 1.67. The Hall–Kier alpha value is -2.29. The summed E-state index contributed by atoms with van der Waals surface area (Å²) >= 11 is 0. The molecule has 1 fully saturated rings. The molecule has 0 aliphatic carbocycles. The lowest BCUT2D eigenvalue weighted by molar-refractivity contribution is -0.125. The molecule has 0 spiro atoms. The first kappa shape index (κ1) is 15.6. The standard InChI is InChI=1S/C20H23NO2/c1-23-19-10-9-17-14-16(6-8-18(17)15-19)7-11-20(22)21-12-4-2-3-5-13-21/h6-11,14-15H,2-5,12-13H2,1H3/b11-7+. The molecule has 2 aromatic carbocycles. The monoisotopic (exact) mass is 309 g/mol. The molecule has 3 heteroatoms. The third-order valence-corrected chi connectivity index (χ3v) is 4.41. The Morgan fingerprint density at radius 3 is 2.43 bits per heavy atom. The third-order valence-electron chi connectivity index (χ3n) is 4.41. The number of ether oxygens (including phenoxy) is 1. The number of amides is 1. The number of hydrogen-bond donors (Lipinski definition) is 0. The van der Waals surface area contributed by atoms with Crippen LogP contribution in [-0.4, -0.2) is 31.0 Å².